The van der Waals surface area contributed by atoms with Gasteiger partial charge in [0.1, 0.15) is 6.23 Å². The monoisotopic (exact) mass is 758 g/mol. The fourth-order valence-electron chi connectivity index (χ4n) is 2.66. The average Bonchev–Trinajstić information content (AvgIpc) is 2.83. The van der Waals surface area contributed by atoms with Crippen LogP contribution in [0.15, 0.2) is 21.7 Å². The number of benzene rings is 1. The molecule has 0 atom stereocenters. The van der Waals surface area contributed by atoms with Crippen molar-refractivity contribution >= 4 is 27.9 Å². The fraction of sp³-hybridized carbons (Fsp3) is 0.714. The summed E-state index contributed by atoms with van der Waals surface area (Å²) in [6, 6.07) is 6.67. The second-order valence-corrected chi connectivity index (χ2v) is 19.1. The van der Waals surface area contributed by atoms with Crippen molar-refractivity contribution in [1.82, 2.24) is 0 Å². The van der Waals surface area contributed by atoms with E-state index in [0.717, 1.165) is 0 Å². The molecular weight excluding hydrogens is 702 g/mol. The van der Waals surface area contributed by atoms with Gasteiger partial charge in [-0.15, -0.1) is 0 Å². The summed E-state index contributed by atoms with van der Waals surface area (Å²) in [6.07, 6.45) is -0.0408. The Balaban J connectivity index is 0. The smallest absolute Gasteiger partial charge is 0.376 e. The molecule has 8 nitrogen and oxygen atoms in total. The maximum Gasteiger partial charge on any atom is 0.676 e. The van der Waals surface area contributed by atoms with Crippen molar-refractivity contribution in [3.8, 4) is 0 Å². The van der Waals surface area contributed by atoms with E-state index in [1.165, 1.54) is 52.4 Å². The molecule has 11 heteroatoms. The fourth-order valence-corrected chi connectivity index (χ4v) is 7.82. The molecular formula is C28H56NO7Si2W-. The first-order valence-electron chi connectivity index (χ1n) is 13.0. The van der Waals surface area contributed by atoms with Gasteiger partial charge in [-0.25, -0.2) is 0 Å². The first-order valence-corrected chi connectivity index (χ1v) is 19.7. The molecule has 230 valence electrons. The Morgan fingerprint density at radius 1 is 0.846 bits per heavy atom. The standard InChI is InChI=1S/C12H17N.C6H18O7Si2.C5H11.C5H10.W/c1-8(2)10-6-5-7-11(9(3)4)12(10)13;1-8-14(9-2,10-3)6-13-15(7,11-4)12-5;2*1-5(2,3)4;/h5-9H,1-4H3;7H,6H2,1-5H3;1H2,2-4H3;1H,2-4H3;/q;;-1;;. The van der Waals surface area contributed by atoms with E-state index in [0.29, 0.717) is 17.3 Å². The Labute approximate surface area is 249 Å². The van der Waals surface area contributed by atoms with Crippen LogP contribution in [0, 0.1) is 17.8 Å². The zero-order valence-electron chi connectivity index (χ0n) is 27.1. The van der Waals surface area contributed by atoms with Gasteiger partial charge in [-0.3, -0.25) is 0 Å². The van der Waals surface area contributed by atoms with E-state index < -0.39 is 35.8 Å². The van der Waals surface area contributed by atoms with Crippen molar-refractivity contribution in [3.63, 3.8) is 0 Å². The average molecular weight is 759 g/mol. The third-order valence-electron chi connectivity index (χ3n) is 4.77. The van der Waals surface area contributed by atoms with Crippen LogP contribution in [-0.4, -0.2) is 68.8 Å². The van der Waals surface area contributed by atoms with E-state index in [2.05, 4.69) is 98.8 Å². The molecule has 0 aromatic heterocycles. The summed E-state index contributed by atoms with van der Waals surface area (Å²) in [4.78, 5) is 9.61. The van der Waals surface area contributed by atoms with Crippen molar-refractivity contribution in [2.24, 2.45) is 14.3 Å². The summed E-state index contributed by atoms with van der Waals surface area (Å²) in [5.41, 5.74) is 4.67. The molecule has 0 bridgehead atoms. The van der Waals surface area contributed by atoms with Gasteiger partial charge in [-0.2, -0.15) is 5.41 Å². The third-order valence-corrected chi connectivity index (χ3v) is 12.9. The van der Waals surface area contributed by atoms with Gasteiger partial charge in [0.2, 0.25) is 0 Å². The van der Waals surface area contributed by atoms with E-state index in [9.17, 15) is 4.80 Å². The van der Waals surface area contributed by atoms with Crippen LogP contribution in [0.2, 0.25) is 0 Å². The van der Waals surface area contributed by atoms with E-state index in [4.69, 9.17) is 30.1 Å². The van der Waals surface area contributed by atoms with Crippen LogP contribution in [0.4, 0.5) is 5.69 Å². The minimum absolute atomic E-state index is 0.0408. The second kappa shape index (κ2) is 19.0. The first kappa shape index (κ1) is 40.9. The Morgan fingerprint density at radius 3 is 1.51 bits per heavy atom. The number of nitrogens with zero attached hydrogens (tertiary/aromatic N) is 1. The van der Waals surface area contributed by atoms with Gasteiger partial charge in [0.25, 0.3) is 0 Å². The van der Waals surface area contributed by atoms with Crippen molar-refractivity contribution < 1.29 is 49.3 Å². The van der Waals surface area contributed by atoms with Crippen LogP contribution in [0.5, 0.6) is 0 Å². The van der Waals surface area contributed by atoms with Crippen LogP contribution in [0.25, 0.3) is 0 Å². The Kier molecular flexibility index (Phi) is 19.9. The molecule has 0 aliphatic carbocycles. The summed E-state index contributed by atoms with van der Waals surface area (Å²) >= 11 is -0.757. The summed E-state index contributed by atoms with van der Waals surface area (Å²) in [5, 5.41) is 0. The SMILES string of the molecule is CC(C)c1cccc(C(C)C)c1[N]=[W]=[CH]C(C)(C)C.CO[Si](O)(OC)OC[Si](OC)(OC)OC.[CH2-]C(C)(C)C. The summed E-state index contributed by atoms with van der Waals surface area (Å²) in [6.45, 7) is 25.8. The van der Waals surface area contributed by atoms with Crippen LogP contribution in [0.1, 0.15) is 92.2 Å². The van der Waals surface area contributed by atoms with Crippen LogP contribution < -0.4 is 0 Å². The van der Waals surface area contributed by atoms with Gasteiger partial charge >= 0.3 is 144 Å². The van der Waals surface area contributed by atoms with Crippen molar-refractivity contribution in [2.75, 3.05) is 41.8 Å². The summed E-state index contributed by atoms with van der Waals surface area (Å²) in [5.74, 6) is 1.09. The molecule has 0 unspecified atom stereocenters. The molecule has 0 saturated heterocycles. The zero-order chi connectivity index (χ0) is 31.1. The zero-order valence-corrected chi connectivity index (χ0v) is 32.1. The number of hydrogen-bond acceptors (Lipinski definition) is 8. The maximum absolute atomic E-state index is 9.61. The predicted molar refractivity (Wildman–Crippen MR) is 162 cm³/mol. The van der Waals surface area contributed by atoms with E-state index >= 15 is 0 Å². The molecule has 1 N–H and O–H groups in total. The van der Waals surface area contributed by atoms with Crippen molar-refractivity contribution in [1.29, 1.82) is 0 Å². The Bertz CT molecular complexity index is 829. The predicted octanol–water partition coefficient (Wildman–Crippen LogP) is 6.69. The van der Waals surface area contributed by atoms with Gasteiger partial charge in [0.15, 0.2) is 0 Å². The molecule has 1 rings (SSSR count). The van der Waals surface area contributed by atoms with Crippen LogP contribution in [-0.2, 0) is 44.5 Å². The topological polar surface area (TPSA) is 88.0 Å². The van der Waals surface area contributed by atoms with Gasteiger partial charge in [0.05, 0.1) is 0 Å². The minimum Gasteiger partial charge on any atom is -0.376 e. The van der Waals surface area contributed by atoms with E-state index in [1.807, 2.05) is 0 Å². The van der Waals surface area contributed by atoms with Gasteiger partial charge < -0.3 is 38.3 Å². The number of rotatable bonds is 11. The third kappa shape index (κ3) is 18.7. The Hall–Kier alpha value is -0.268. The first-order chi connectivity index (χ1) is 17.7. The van der Waals surface area contributed by atoms with Crippen LogP contribution in [0.3, 0.4) is 0 Å². The minimum atomic E-state index is -3.56. The molecule has 39 heavy (non-hydrogen) atoms. The quantitative estimate of drug-likeness (QED) is 0.199. The van der Waals surface area contributed by atoms with Gasteiger partial charge in [-0.1, -0.05) is 20.8 Å². The molecule has 0 amide bonds. The molecule has 0 heterocycles. The summed E-state index contributed by atoms with van der Waals surface area (Å²) < 4.78 is 37.3. The van der Waals surface area contributed by atoms with Crippen molar-refractivity contribution in [2.45, 2.75) is 81.1 Å². The van der Waals surface area contributed by atoms with Crippen LogP contribution >= 0.6 is 0 Å². The van der Waals surface area contributed by atoms with Gasteiger partial charge in [0, 0.05) is 35.5 Å². The largest absolute Gasteiger partial charge is 0.676 e. The molecule has 1 aromatic rings. The molecule has 0 aliphatic rings. The Morgan fingerprint density at radius 2 is 1.23 bits per heavy atom. The number of hydrogen-bond donors (Lipinski definition) is 1. The molecule has 0 radical (unpaired) electrons. The van der Waals surface area contributed by atoms with Gasteiger partial charge in [-0.05, 0) is 0 Å². The molecule has 0 saturated carbocycles. The molecule has 0 aliphatic heterocycles. The van der Waals surface area contributed by atoms with E-state index in [1.54, 1.807) is 0 Å². The van der Waals surface area contributed by atoms with E-state index in [-0.39, 0.29) is 11.6 Å². The maximum atomic E-state index is 9.61. The summed E-state index contributed by atoms with van der Waals surface area (Å²) in [7, 11) is 0.507. The molecule has 0 fully saturated rings. The normalized spacial score (nSPS) is 12.4. The van der Waals surface area contributed by atoms with Crippen molar-refractivity contribution in [3.05, 3.63) is 36.2 Å². The molecule has 1 aromatic carbocycles. The molecule has 0 spiro atoms. The second-order valence-electron chi connectivity index (χ2n) is 11.9.